The van der Waals surface area contributed by atoms with E-state index in [9.17, 15) is 23.9 Å². The Morgan fingerprint density at radius 1 is 1.32 bits per heavy atom. The molecule has 1 heterocycles. The van der Waals surface area contributed by atoms with Crippen molar-refractivity contribution in [2.75, 3.05) is 12.8 Å². The minimum Gasteiger partial charge on any atom is -0.391 e. The van der Waals surface area contributed by atoms with Gasteiger partial charge in [0.1, 0.15) is 12.1 Å². The molecule has 3 amide bonds. The van der Waals surface area contributed by atoms with Gasteiger partial charge in [-0.2, -0.15) is 11.8 Å². The zero-order valence-corrected chi connectivity index (χ0v) is 23.3. The number of halogens is 1. The molecule has 0 bridgehead atoms. The van der Waals surface area contributed by atoms with E-state index in [1.54, 1.807) is 20.1 Å². The highest BCUT2D eigenvalue weighted by Gasteiger charge is 2.53. The van der Waals surface area contributed by atoms with E-state index in [-0.39, 0.29) is 32.4 Å². The van der Waals surface area contributed by atoms with E-state index in [1.807, 2.05) is 31.2 Å². The van der Waals surface area contributed by atoms with E-state index in [4.69, 9.17) is 0 Å². The number of hydrogen-bond acceptors (Lipinski definition) is 7. The number of likely N-dealkylation sites (tertiary alicyclic amines) is 1. The number of alkyl halides is 1. The van der Waals surface area contributed by atoms with E-state index in [0.717, 1.165) is 11.1 Å². The first-order valence-corrected chi connectivity index (χ1v) is 13.8. The number of benzene rings is 1. The van der Waals surface area contributed by atoms with Crippen molar-refractivity contribution in [2.24, 2.45) is 4.99 Å². The maximum atomic E-state index is 14.4. The number of amides is 3. The molecule has 3 N–H and O–H groups in total. The van der Waals surface area contributed by atoms with Crippen LogP contribution in [0.5, 0.6) is 0 Å². The van der Waals surface area contributed by atoms with E-state index in [1.165, 1.54) is 16.7 Å². The second-order valence-corrected chi connectivity index (χ2v) is 12.0. The van der Waals surface area contributed by atoms with Gasteiger partial charge in [0.2, 0.25) is 11.8 Å². The molecule has 11 heteroatoms. The van der Waals surface area contributed by atoms with Gasteiger partial charge in [0.05, 0.1) is 11.8 Å². The van der Waals surface area contributed by atoms with Crippen LogP contribution in [0, 0.1) is 0 Å². The second kappa shape index (κ2) is 11.6. The maximum absolute atomic E-state index is 14.4. The van der Waals surface area contributed by atoms with Gasteiger partial charge in [-0.1, -0.05) is 24.3 Å². The molecule has 3 rings (SSSR count). The Kier molecular flexibility index (Phi) is 9.13. The van der Waals surface area contributed by atoms with Crippen molar-refractivity contribution >= 4 is 53.7 Å². The molecule has 1 aliphatic heterocycles. The minimum atomic E-state index is -1.94. The highest BCUT2D eigenvalue weighted by Crippen LogP contribution is 2.40. The Labute approximate surface area is 227 Å². The number of hydrogen-bond donors (Lipinski definition) is 4. The Hall–Kier alpha value is -2.37. The quantitative estimate of drug-likeness (QED) is 0.265. The van der Waals surface area contributed by atoms with Crippen molar-refractivity contribution in [3.63, 3.8) is 0 Å². The van der Waals surface area contributed by atoms with Crippen LogP contribution < -0.4 is 10.6 Å². The van der Waals surface area contributed by atoms with E-state index < -0.39 is 46.3 Å². The van der Waals surface area contributed by atoms with Crippen molar-refractivity contribution in [1.82, 2.24) is 15.5 Å². The number of thioether (sulfide) groups is 1. The van der Waals surface area contributed by atoms with Crippen LogP contribution in [-0.2, 0) is 20.9 Å². The molecule has 3 atom stereocenters. The smallest absolute Gasteiger partial charge is 0.258 e. The van der Waals surface area contributed by atoms with Crippen molar-refractivity contribution in [2.45, 2.75) is 75.2 Å². The number of carbonyl (C=O) groups excluding carboxylic acids is 3. The Morgan fingerprint density at radius 3 is 2.49 bits per heavy atom. The number of thiol groups is 1. The summed E-state index contributed by atoms with van der Waals surface area (Å²) in [5.41, 5.74) is 0.468. The molecule has 1 aliphatic carbocycles. The van der Waals surface area contributed by atoms with Crippen LogP contribution in [-0.4, -0.2) is 75.8 Å². The number of aliphatic hydroxyl groups excluding tert-OH is 1. The highest BCUT2D eigenvalue weighted by atomic mass is 32.2. The number of aliphatic hydroxyl groups is 1. The number of allylic oxidation sites excluding steroid dienone is 1. The highest BCUT2D eigenvalue weighted by molar-refractivity contribution is 8.00. The fourth-order valence-electron chi connectivity index (χ4n) is 4.09. The van der Waals surface area contributed by atoms with Gasteiger partial charge >= 0.3 is 0 Å². The van der Waals surface area contributed by atoms with E-state index >= 15 is 0 Å². The lowest BCUT2D eigenvalue weighted by atomic mass is 10.00. The Bertz CT molecular complexity index is 1090. The number of β-amino-alcohol motifs (C(OH)–C–C–N with tert-alkyl or cyclic N) is 1. The molecule has 0 unspecified atom stereocenters. The summed E-state index contributed by atoms with van der Waals surface area (Å²) in [5.74, 6) is -1.74. The predicted molar refractivity (Wildman–Crippen MR) is 148 cm³/mol. The molecule has 1 saturated carbocycles. The van der Waals surface area contributed by atoms with Crippen LogP contribution in [0.15, 0.2) is 35.0 Å². The average molecular weight is 551 g/mol. The summed E-state index contributed by atoms with van der Waals surface area (Å²) in [6, 6.07) is 5.46. The van der Waals surface area contributed by atoms with Crippen molar-refractivity contribution in [3.05, 3.63) is 41.1 Å². The molecule has 8 nitrogen and oxygen atoms in total. The van der Waals surface area contributed by atoms with Crippen molar-refractivity contribution in [1.29, 1.82) is 0 Å². The summed E-state index contributed by atoms with van der Waals surface area (Å²) < 4.78 is 13.6. The fourth-order valence-corrected chi connectivity index (χ4v) is 4.71. The lowest BCUT2D eigenvalue weighted by molar-refractivity contribution is -0.143. The van der Waals surface area contributed by atoms with Crippen LogP contribution in [0.4, 0.5) is 4.39 Å². The Balaban J connectivity index is 1.71. The molecule has 202 valence electrons. The van der Waals surface area contributed by atoms with Gasteiger partial charge in [0.25, 0.3) is 5.91 Å². The SMILES string of the molecule is C=N/C(C)=C(\S)c1ccc(CNC(=O)[C@@H]2C[C@@H](O)CN2C(=O)[C@@H](NC(=O)C2(F)CC2)C(C)(C)SC)cc1. The topological polar surface area (TPSA) is 111 Å². The third-order valence-electron chi connectivity index (χ3n) is 6.98. The van der Waals surface area contributed by atoms with Gasteiger partial charge < -0.3 is 20.6 Å². The lowest BCUT2D eigenvalue weighted by Crippen LogP contribution is -2.60. The summed E-state index contributed by atoms with van der Waals surface area (Å²) in [7, 11) is 0. The van der Waals surface area contributed by atoms with E-state index in [0.29, 0.717) is 10.6 Å². The normalized spacial score (nSPS) is 22.1. The molecule has 2 fully saturated rings. The number of aliphatic imine (C=N–C) groups is 1. The van der Waals surface area contributed by atoms with Crippen LogP contribution in [0.2, 0.25) is 0 Å². The van der Waals surface area contributed by atoms with Crippen LogP contribution in [0.3, 0.4) is 0 Å². The Morgan fingerprint density at radius 2 is 1.95 bits per heavy atom. The summed E-state index contributed by atoms with van der Waals surface area (Å²) >= 11 is 5.81. The number of rotatable bonds is 10. The zero-order chi connectivity index (χ0) is 27.5. The molecular formula is C26H35FN4O4S2. The molecule has 1 saturated heterocycles. The molecule has 1 aromatic rings. The third kappa shape index (κ3) is 6.74. The standard InChI is InChI=1S/C26H35FN4O4S2/c1-15(28-4)20(36)17-8-6-16(7-9-17)13-29-22(33)19-12-18(32)14-31(19)23(34)21(25(2,3)37-5)30-24(35)26(27)10-11-26/h6-9,18-19,21,32,36H,4,10-14H2,1-3,5H3,(H,29,33)(H,30,35)/b20-15-/t18-,19+,21-/m1/s1. The monoisotopic (exact) mass is 550 g/mol. The maximum Gasteiger partial charge on any atom is 0.258 e. The van der Waals surface area contributed by atoms with Gasteiger partial charge in [-0.05, 0) is 57.7 Å². The molecule has 1 aromatic carbocycles. The number of nitrogens with zero attached hydrogens (tertiary/aromatic N) is 2. The fraction of sp³-hybridized carbons (Fsp3) is 0.538. The van der Waals surface area contributed by atoms with E-state index in [2.05, 4.69) is 35.0 Å². The summed E-state index contributed by atoms with van der Waals surface area (Å²) in [6.07, 6.45) is 1.25. The van der Waals surface area contributed by atoms with Crippen molar-refractivity contribution in [3.8, 4) is 0 Å². The van der Waals surface area contributed by atoms with Gasteiger partial charge in [0, 0.05) is 29.2 Å². The molecule has 0 aromatic heterocycles. The second-order valence-electron chi connectivity index (χ2n) is 10.1. The molecule has 0 radical (unpaired) electrons. The summed E-state index contributed by atoms with van der Waals surface area (Å²) in [6.45, 7) is 9.05. The van der Waals surface area contributed by atoms with Gasteiger partial charge in [0.15, 0.2) is 5.67 Å². The third-order valence-corrected chi connectivity index (χ3v) is 8.85. The summed E-state index contributed by atoms with van der Waals surface area (Å²) in [5, 5.41) is 15.7. The zero-order valence-electron chi connectivity index (χ0n) is 21.6. The average Bonchev–Trinajstić information content (AvgIpc) is 3.52. The minimum absolute atomic E-state index is 0.0447. The number of carbonyl (C=O) groups is 3. The number of nitrogens with one attached hydrogen (secondary N) is 2. The first kappa shape index (κ1) is 29.2. The van der Waals surface area contributed by atoms with Gasteiger partial charge in [-0.15, -0.1) is 12.6 Å². The van der Waals surface area contributed by atoms with Gasteiger partial charge in [-0.25, -0.2) is 4.39 Å². The lowest BCUT2D eigenvalue weighted by Gasteiger charge is -2.36. The molecule has 37 heavy (non-hydrogen) atoms. The molecular weight excluding hydrogens is 515 g/mol. The first-order valence-electron chi connectivity index (χ1n) is 12.1. The molecule has 2 aliphatic rings. The van der Waals surface area contributed by atoms with Crippen molar-refractivity contribution < 1.29 is 23.9 Å². The molecule has 0 spiro atoms. The predicted octanol–water partition coefficient (Wildman–Crippen LogP) is 2.71. The van der Waals surface area contributed by atoms with Crippen LogP contribution in [0.1, 0.15) is 51.2 Å². The van der Waals surface area contributed by atoms with Crippen LogP contribution >= 0.6 is 24.4 Å². The summed E-state index contributed by atoms with van der Waals surface area (Å²) in [4.78, 5) is 45.1. The van der Waals surface area contributed by atoms with Gasteiger partial charge in [-0.3, -0.25) is 19.4 Å². The first-order chi connectivity index (χ1) is 17.3. The van der Waals surface area contributed by atoms with Crippen LogP contribution in [0.25, 0.3) is 4.91 Å². The largest absolute Gasteiger partial charge is 0.391 e.